The average molecular weight is 289 g/mol. The zero-order valence-corrected chi connectivity index (χ0v) is 12.7. The Morgan fingerprint density at radius 2 is 1.86 bits per heavy atom. The fourth-order valence-corrected chi connectivity index (χ4v) is 2.62. The number of rotatable bonds is 6. The number of benzene rings is 1. The minimum absolute atomic E-state index is 0.0110. The van der Waals surface area contributed by atoms with E-state index in [2.05, 4.69) is 0 Å². The first-order valence-electron chi connectivity index (χ1n) is 7.61. The molecule has 0 saturated heterocycles. The molecule has 0 atom stereocenters. The molecule has 0 bridgehead atoms. The summed E-state index contributed by atoms with van der Waals surface area (Å²) in [6, 6.07) is 7.79. The molecule has 1 amide bonds. The third kappa shape index (κ3) is 3.84. The Kier molecular flexibility index (Phi) is 4.99. The largest absolute Gasteiger partial charge is 0.481 e. The lowest BCUT2D eigenvalue weighted by atomic mass is 9.80. The van der Waals surface area contributed by atoms with E-state index in [4.69, 9.17) is 5.11 Å². The summed E-state index contributed by atoms with van der Waals surface area (Å²) in [5.41, 5.74) is 1.94. The molecule has 0 spiro atoms. The summed E-state index contributed by atoms with van der Waals surface area (Å²) in [7, 11) is 0. The fraction of sp³-hybridized carbons (Fsp3) is 0.529. The van der Waals surface area contributed by atoms with Crippen molar-refractivity contribution in [3.8, 4) is 0 Å². The van der Waals surface area contributed by atoms with Gasteiger partial charge in [-0.25, -0.2) is 0 Å². The standard InChI is InChI=1S/C17H23NO3/c1-12(2)18(11-10-16(19)20)17(21)15-8-6-14(7-9-15)13-4-3-5-13/h6-9,12-13H,3-5,10-11H2,1-2H3,(H,19,20). The van der Waals surface area contributed by atoms with Gasteiger partial charge in [-0.05, 0) is 50.3 Å². The van der Waals surface area contributed by atoms with Crippen LogP contribution >= 0.6 is 0 Å². The van der Waals surface area contributed by atoms with Gasteiger partial charge >= 0.3 is 5.97 Å². The van der Waals surface area contributed by atoms with Crippen LogP contribution in [0.4, 0.5) is 0 Å². The number of aliphatic carboxylic acids is 1. The van der Waals surface area contributed by atoms with Gasteiger partial charge in [0.25, 0.3) is 5.91 Å². The molecule has 1 saturated carbocycles. The Bertz CT molecular complexity index is 503. The highest BCUT2D eigenvalue weighted by Crippen LogP contribution is 2.36. The molecule has 1 fully saturated rings. The molecular formula is C17H23NO3. The molecule has 21 heavy (non-hydrogen) atoms. The van der Waals surface area contributed by atoms with Crippen LogP contribution in [0.1, 0.15) is 61.4 Å². The Labute approximate surface area is 125 Å². The quantitative estimate of drug-likeness (QED) is 0.874. The van der Waals surface area contributed by atoms with Crippen molar-refractivity contribution >= 4 is 11.9 Å². The fourth-order valence-electron chi connectivity index (χ4n) is 2.62. The van der Waals surface area contributed by atoms with Gasteiger partial charge in [-0.1, -0.05) is 18.6 Å². The van der Waals surface area contributed by atoms with Crippen LogP contribution in [-0.4, -0.2) is 34.5 Å². The normalized spacial score (nSPS) is 14.8. The van der Waals surface area contributed by atoms with Crippen molar-refractivity contribution in [2.75, 3.05) is 6.54 Å². The summed E-state index contributed by atoms with van der Waals surface area (Å²) in [5.74, 6) is -0.317. The Morgan fingerprint density at radius 1 is 1.24 bits per heavy atom. The van der Waals surface area contributed by atoms with Crippen molar-refractivity contribution in [2.45, 2.75) is 51.5 Å². The van der Waals surface area contributed by atoms with Crippen LogP contribution in [0, 0.1) is 0 Å². The minimum Gasteiger partial charge on any atom is -0.481 e. The first-order chi connectivity index (χ1) is 9.99. The number of hydrogen-bond acceptors (Lipinski definition) is 2. The lowest BCUT2D eigenvalue weighted by Crippen LogP contribution is -2.38. The highest BCUT2D eigenvalue weighted by molar-refractivity contribution is 5.94. The topological polar surface area (TPSA) is 57.6 Å². The van der Waals surface area contributed by atoms with Gasteiger partial charge in [0.15, 0.2) is 0 Å². The number of carbonyl (C=O) groups excluding carboxylic acids is 1. The number of hydrogen-bond donors (Lipinski definition) is 1. The summed E-state index contributed by atoms with van der Waals surface area (Å²) >= 11 is 0. The van der Waals surface area contributed by atoms with Crippen molar-refractivity contribution in [3.05, 3.63) is 35.4 Å². The molecule has 0 aliphatic heterocycles. The summed E-state index contributed by atoms with van der Waals surface area (Å²) in [4.78, 5) is 24.8. The smallest absolute Gasteiger partial charge is 0.305 e. The Balaban J connectivity index is 2.06. The van der Waals surface area contributed by atoms with Crippen molar-refractivity contribution in [3.63, 3.8) is 0 Å². The molecule has 1 aromatic rings. The van der Waals surface area contributed by atoms with Gasteiger partial charge in [-0.2, -0.15) is 0 Å². The summed E-state index contributed by atoms with van der Waals surface area (Å²) in [6.07, 6.45) is 3.75. The van der Waals surface area contributed by atoms with E-state index in [0.717, 1.165) is 0 Å². The summed E-state index contributed by atoms with van der Waals surface area (Å²) in [5, 5.41) is 8.79. The van der Waals surface area contributed by atoms with Gasteiger partial charge in [0.1, 0.15) is 0 Å². The number of amides is 1. The van der Waals surface area contributed by atoms with E-state index in [9.17, 15) is 9.59 Å². The molecular weight excluding hydrogens is 266 g/mol. The van der Waals surface area contributed by atoms with Gasteiger partial charge in [0.2, 0.25) is 0 Å². The van der Waals surface area contributed by atoms with Gasteiger partial charge in [0, 0.05) is 18.2 Å². The molecule has 0 heterocycles. The van der Waals surface area contributed by atoms with E-state index >= 15 is 0 Å². The third-order valence-corrected chi connectivity index (χ3v) is 4.18. The minimum atomic E-state index is -0.881. The number of carboxylic acids is 1. The average Bonchev–Trinajstić information content (AvgIpc) is 2.36. The van der Waals surface area contributed by atoms with Crippen molar-refractivity contribution in [1.82, 2.24) is 4.90 Å². The highest BCUT2D eigenvalue weighted by atomic mass is 16.4. The van der Waals surface area contributed by atoms with Crippen LogP contribution in [0.3, 0.4) is 0 Å². The first-order valence-corrected chi connectivity index (χ1v) is 7.61. The molecule has 1 aromatic carbocycles. The zero-order valence-electron chi connectivity index (χ0n) is 12.7. The molecule has 114 valence electrons. The van der Waals surface area contributed by atoms with E-state index in [1.807, 2.05) is 38.1 Å². The second-order valence-electron chi connectivity index (χ2n) is 5.99. The van der Waals surface area contributed by atoms with Crippen LogP contribution in [0.25, 0.3) is 0 Å². The molecule has 4 heteroatoms. The molecule has 0 aromatic heterocycles. The van der Waals surface area contributed by atoms with Crippen molar-refractivity contribution in [1.29, 1.82) is 0 Å². The van der Waals surface area contributed by atoms with Crippen molar-refractivity contribution < 1.29 is 14.7 Å². The van der Waals surface area contributed by atoms with E-state index < -0.39 is 5.97 Å². The SMILES string of the molecule is CC(C)N(CCC(=O)O)C(=O)c1ccc(C2CCC2)cc1. The maximum atomic E-state index is 12.5. The Hall–Kier alpha value is -1.84. The summed E-state index contributed by atoms with van der Waals surface area (Å²) in [6.45, 7) is 4.06. The van der Waals surface area contributed by atoms with Gasteiger partial charge < -0.3 is 10.0 Å². The molecule has 4 nitrogen and oxygen atoms in total. The lowest BCUT2D eigenvalue weighted by Gasteiger charge is -2.27. The molecule has 2 rings (SSSR count). The van der Waals surface area contributed by atoms with Crippen LogP contribution < -0.4 is 0 Å². The summed E-state index contributed by atoms with van der Waals surface area (Å²) < 4.78 is 0. The lowest BCUT2D eigenvalue weighted by molar-refractivity contribution is -0.137. The zero-order chi connectivity index (χ0) is 15.4. The van der Waals surface area contributed by atoms with E-state index in [1.165, 1.54) is 24.8 Å². The molecule has 1 N–H and O–H groups in total. The van der Waals surface area contributed by atoms with E-state index in [-0.39, 0.29) is 24.9 Å². The molecule has 1 aliphatic carbocycles. The predicted molar refractivity (Wildman–Crippen MR) is 81.5 cm³/mol. The van der Waals surface area contributed by atoms with E-state index in [0.29, 0.717) is 11.5 Å². The number of carbonyl (C=O) groups is 2. The van der Waals surface area contributed by atoms with Gasteiger partial charge in [-0.15, -0.1) is 0 Å². The van der Waals surface area contributed by atoms with Crippen LogP contribution in [-0.2, 0) is 4.79 Å². The first kappa shape index (κ1) is 15.5. The highest BCUT2D eigenvalue weighted by Gasteiger charge is 2.22. The maximum absolute atomic E-state index is 12.5. The third-order valence-electron chi connectivity index (χ3n) is 4.18. The number of nitrogens with zero attached hydrogens (tertiary/aromatic N) is 1. The Morgan fingerprint density at radius 3 is 2.29 bits per heavy atom. The maximum Gasteiger partial charge on any atom is 0.305 e. The van der Waals surface area contributed by atoms with E-state index in [1.54, 1.807) is 4.90 Å². The van der Waals surface area contributed by atoms with Crippen LogP contribution in [0.15, 0.2) is 24.3 Å². The molecule has 0 radical (unpaired) electrons. The molecule has 0 unspecified atom stereocenters. The number of carboxylic acid groups (broad SMARTS) is 1. The monoisotopic (exact) mass is 289 g/mol. The van der Waals surface area contributed by atoms with Gasteiger partial charge in [-0.3, -0.25) is 9.59 Å². The van der Waals surface area contributed by atoms with Crippen LogP contribution in [0.5, 0.6) is 0 Å². The second-order valence-corrected chi connectivity index (χ2v) is 5.99. The van der Waals surface area contributed by atoms with Gasteiger partial charge in [0.05, 0.1) is 6.42 Å². The molecule has 1 aliphatic rings. The van der Waals surface area contributed by atoms with Crippen molar-refractivity contribution in [2.24, 2.45) is 0 Å². The van der Waals surface area contributed by atoms with Crippen LogP contribution in [0.2, 0.25) is 0 Å². The second kappa shape index (κ2) is 6.74. The predicted octanol–water partition coefficient (Wildman–Crippen LogP) is 3.28.